The summed E-state index contributed by atoms with van der Waals surface area (Å²) in [4.78, 5) is 11.8. The van der Waals surface area contributed by atoms with Crippen molar-refractivity contribution in [3.8, 4) is 0 Å². The minimum absolute atomic E-state index is 0.263. The maximum absolute atomic E-state index is 13.5. The van der Waals surface area contributed by atoms with Gasteiger partial charge in [0, 0.05) is 32.3 Å². The number of nitrogens with two attached hydrogens (primary N) is 1. The topological polar surface area (TPSA) is 72.9 Å². The molecule has 1 heterocycles. The van der Waals surface area contributed by atoms with Gasteiger partial charge in [0.25, 0.3) is 5.91 Å². The molecule has 20 heavy (non-hydrogen) atoms. The van der Waals surface area contributed by atoms with E-state index in [1.54, 1.807) is 17.9 Å². The van der Waals surface area contributed by atoms with Crippen molar-refractivity contribution in [3.05, 3.63) is 47.3 Å². The molecule has 5 nitrogen and oxygen atoms in total. The lowest BCUT2D eigenvalue weighted by Crippen LogP contribution is -2.27. The van der Waals surface area contributed by atoms with E-state index in [-0.39, 0.29) is 11.3 Å². The molecule has 0 saturated carbocycles. The fourth-order valence-corrected chi connectivity index (χ4v) is 1.74. The normalized spacial score (nSPS) is 10.6. The highest BCUT2D eigenvalue weighted by Gasteiger charge is 2.14. The van der Waals surface area contributed by atoms with E-state index >= 15 is 0 Å². The molecule has 1 aromatic heterocycles. The molecule has 0 atom stereocenters. The number of carbonyl (C=O) groups is 1. The highest BCUT2D eigenvalue weighted by Crippen LogP contribution is 2.16. The van der Waals surface area contributed by atoms with Crippen LogP contribution in [0.4, 0.5) is 14.5 Å². The maximum atomic E-state index is 13.5. The zero-order valence-electron chi connectivity index (χ0n) is 10.9. The number of hydrogen-bond donors (Lipinski definition) is 2. The van der Waals surface area contributed by atoms with Crippen LogP contribution in [-0.4, -0.2) is 22.2 Å². The number of amides is 1. The molecule has 0 aliphatic heterocycles. The lowest BCUT2D eigenvalue weighted by Gasteiger charge is -2.06. The minimum atomic E-state index is -0.938. The Labute approximate surface area is 114 Å². The van der Waals surface area contributed by atoms with E-state index in [9.17, 15) is 13.6 Å². The van der Waals surface area contributed by atoms with Crippen molar-refractivity contribution >= 4 is 11.6 Å². The Morgan fingerprint density at radius 3 is 2.80 bits per heavy atom. The number of aromatic nitrogens is 2. The van der Waals surface area contributed by atoms with Crippen molar-refractivity contribution in [2.24, 2.45) is 7.05 Å². The largest absolute Gasteiger partial charge is 0.396 e. The Balaban J connectivity index is 1.97. The average Bonchev–Trinajstić information content (AvgIpc) is 2.79. The van der Waals surface area contributed by atoms with E-state index in [0.29, 0.717) is 19.0 Å². The third kappa shape index (κ3) is 3.11. The van der Waals surface area contributed by atoms with E-state index in [4.69, 9.17) is 5.73 Å². The molecule has 0 aliphatic rings. The number of benzene rings is 1. The van der Waals surface area contributed by atoms with Gasteiger partial charge in [-0.25, -0.2) is 8.78 Å². The Morgan fingerprint density at radius 1 is 1.40 bits per heavy atom. The predicted octanol–water partition coefficient (Wildman–Crippen LogP) is 1.25. The van der Waals surface area contributed by atoms with Gasteiger partial charge in [-0.15, -0.1) is 0 Å². The van der Waals surface area contributed by atoms with Crippen LogP contribution in [0.2, 0.25) is 0 Å². The third-order valence-corrected chi connectivity index (χ3v) is 2.77. The van der Waals surface area contributed by atoms with Crippen LogP contribution in [0.1, 0.15) is 16.1 Å². The summed E-state index contributed by atoms with van der Waals surface area (Å²) >= 11 is 0. The van der Waals surface area contributed by atoms with Crippen molar-refractivity contribution in [2.45, 2.75) is 6.42 Å². The number of nitrogens with zero attached hydrogens (tertiary/aromatic N) is 2. The maximum Gasteiger partial charge on any atom is 0.254 e. The molecule has 0 unspecified atom stereocenters. The number of hydrogen-bond acceptors (Lipinski definition) is 3. The van der Waals surface area contributed by atoms with Crippen molar-refractivity contribution < 1.29 is 13.6 Å². The van der Waals surface area contributed by atoms with E-state index in [2.05, 4.69) is 10.4 Å². The molecule has 2 aromatic rings. The van der Waals surface area contributed by atoms with Crippen molar-refractivity contribution in [3.63, 3.8) is 0 Å². The lowest BCUT2D eigenvalue weighted by atomic mass is 10.1. The molecular weight excluding hydrogens is 266 g/mol. The fourth-order valence-electron chi connectivity index (χ4n) is 1.74. The van der Waals surface area contributed by atoms with Crippen LogP contribution in [0.5, 0.6) is 0 Å². The number of nitrogens with one attached hydrogen (secondary N) is 1. The molecule has 3 N–H and O–H groups in total. The Morgan fingerprint density at radius 2 is 2.15 bits per heavy atom. The predicted molar refractivity (Wildman–Crippen MR) is 70.0 cm³/mol. The first-order valence-corrected chi connectivity index (χ1v) is 5.98. The summed E-state index contributed by atoms with van der Waals surface area (Å²) < 4.78 is 28.1. The molecule has 2 rings (SSSR count). The van der Waals surface area contributed by atoms with Crippen LogP contribution in [0, 0.1) is 11.6 Å². The number of rotatable bonds is 4. The molecule has 0 spiro atoms. The van der Waals surface area contributed by atoms with Crippen LogP contribution >= 0.6 is 0 Å². The fraction of sp³-hybridized carbons (Fsp3) is 0.231. The van der Waals surface area contributed by atoms with Gasteiger partial charge in [-0.3, -0.25) is 9.48 Å². The van der Waals surface area contributed by atoms with Crippen LogP contribution < -0.4 is 11.1 Å². The first-order chi connectivity index (χ1) is 9.47. The van der Waals surface area contributed by atoms with Crippen LogP contribution in [-0.2, 0) is 13.5 Å². The summed E-state index contributed by atoms with van der Waals surface area (Å²) in [5.74, 6) is -2.45. The summed E-state index contributed by atoms with van der Waals surface area (Å²) in [5, 5.41) is 6.68. The first kappa shape index (κ1) is 14.0. The molecular formula is C13H14F2N4O. The minimum Gasteiger partial charge on any atom is -0.396 e. The van der Waals surface area contributed by atoms with Gasteiger partial charge in [-0.1, -0.05) is 0 Å². The number of carbonyl (C=O) groups excluding carboxylic acids is 1. The van der Waals surface area contributed by atoms with Gasteiger partial charge in [0.2, 0.25) is 0 Å². The van der Waals surface area contributed by atoms with Gasteiger partial charge in [-0.05, 0) is 12.1 Å². The summed E-state index contributed by atoms with van der Waals surface area (Å²) in [6, 6.07) is 3.41. The van der Waals surface area contributed by atoms with Crippen molar-refractivity contribution in [1.29, 1.82) is 0 Å². The molecule has 106 valence electrons. The zero-order chi connectivity index (χ0) is 14.7. The number of aryl methyl sites for hydroxylation is 1. The molecule has 0 bridgehead atoms. The molecule has 1 aromatic carbocycles. The van der Waals surface area contributed by atoms with Crippen molar-refractivity contribution in [1.82, 2.24) is 15.1 Å². The van der Waals surface area contributed by atoms with Crippen LogP contribution in [0.3, 0.4) is 0 Å². The highest BCUT2D eigenvalue weighted by molar-refractivity contribution is 5.95. The van der Waals surface area contributed by atoms with Gasteiger partial charge in [0.05, 0.1) is 16.9 Å². The summed E-state index contributed by atoms with van der Waals surface area (Å²) in [6.07, 6.45) is 2.31. The van der Waals surface area contributed by atoms with Crippen LogP contribution in [0.15, 0.2) is 24.4 Å². The lowest BCUT2D eigenvalue weighted by molar-refractivity contribution is 0.0950. The SMILES string of the molecule is Cn1ccc(CCNC(=O)c2cc(N)c(F)cc2F)n1. The Kier molecular flexibility index (Phi) is 3.97. The van der Waals surface area contributed by atoms with Crippen LogP contribution in [0.25, 0.3) is 0 Å². The smallest absolute Gasteiger partial charge is 0.254 e. The molecule has 1 amide bonds. The Bertz CT molecular complexity index is 639. The van der Waals surface area contributed by atoms with Gasteiger partial charge in [-0.2, -0.15) is 5.10 Å². The summed E-state index contributed by atoms with van der Waals surface area (Å²) in [5.41, 5.74) is 5.59. The summed E-state index contributed by atoms with van der Waals surface area (Å²) in [7, 11) is 1.79. The molecule has 0 aliphatic carbocycles. The second kappa shape index (κ2) is 5.68. The number of nitrogen functional groups attached to an aromatic ring is 1. The molecule has 0 saturated heterocycles. The van der Waals surface area contributed by atoms with Gasteiger partial charge in [0.1, 0.15) is 11.6 Å². The van der Waals surface area contributed by atoms with E-state index in [0.717, 1.165) is 11.8 Å². The van der Waals surface area contributed by atoms with Crippen molar-refractivity contribution in [2.75, 3.05) is 12.3 Å². The average molecular weight is 280 g/mol. The van der Waals surface area contributed by atoms with E-state index in [1.807, 2.05) is 6.07 Å². The van der Waals surface area contributed by atoms with E-state index < -0.39 is 17.5 Å². The summed E-state index contributed by atoms with van der Waals surface area (Å²) in [6.45, 7) is 0.298. The first-order valence-electron chi connectivity index (χ1n) is 5.98. The van der Waals surface area contributed by atoms with Gasteiger partial charge >= 0.3 is 0 Å². The zero-order valence-corrected chi connectivity index (χ0v) is 10.9. The number of anilines is 1. The Hall–Kier alpha value is -2.44. The third-order valence-electron chi connectivity index (χ3n) is 2.77. The van der Waals surface area contributed by atoms with E-state index in [1.165, 1.54) is 0 Å². The quantitative estimate of drug-likeness (QED) is 0.828. The second-order valence-corrected chi connectivity index (χ2v) is 4.34. The molecule has 0 fully saturated rings. The highest BCUT2D eigenvalue weighted by atomic mass is 19.1. The van der Waals surface area contributed by atoms with Gasteiger partial charge in [0.15, 0.2) is 0 Å². The monoisotopic (exact) mass is 280 g/mol. The molecule has 7 heteroatoms. The second-order valence-electron chi connectivity index (χ2n) is 4.34. The number of halogens is 2. The standard InChI is InChI=1S/C13H14F2N4O/c1-19-5-3-8(18-19)2-4-17-13(20)9-6-12(16)11(15)7-10(9)14/h3,5-7H,2,4,16H2,1H3,(H,17,20). The van der Waals surface area contributed by atoms with Gasteiger partial charge < -0.3 is 11.1 Å². The molecule has 0 radical (unpaired) electrons.